The molecule has 34 heavy (non-hydrogen) atoms. The average Bonchev–Trinajstić information content (AvgIpc) is 3.18. The largest absolute Gasteiger partial charge is 0.458 e. The molecule has 0 aliphatic carbocycles. The standard InChI is InChI=1S/C27H43NO5S/c1-16-9-8-10-27(7)23(33-27)12-21(17(2)11-20-15-34-19(4)28-20)32-24(30)13-22(29)26(5,6)14-18(3)25(16)31/h11,15-16,18,21-23,25,29,31H,8-10,12-14H2,1-7H3/b17-11+/t16-,18+,21+,22+,23+,25+,27-/m1/s1. The van der Waals surface area contributed by atoms with Gasteiger partial charge in [0.05, 0.1) is 41.0 Å². The van der Waals surface area contributed by atoms with Crippen LogP contribution in [0, 0.1) is 24.2 Å². The number of nitrogens with zero attached hydrogens (tertiary/aromatic N) is 1. The third-order valence-electron chi connectivity index (χ3n) is 7.87. The molecular weight excluding hydrogens is 450 g/mol. The molecule has 1 aromatic heterocycles. The number of cyclic esters (lactones) is 1. The first-order chi connectivity index (χ1) is 15.8. The number of aryl methyl sites for hydroxylation is 1. The zero-order valence-corrected chi connectivity index (χ0v) is 22.7. The van der Waals surface area contributed by atoms with Crippen LogP contribution in [-0.4, -0.2) is 51.2 Å². The third-order valence-corrected chi connectivity index (χ3v) is 8.66. The van der Waals surface area contributed by atoms with Crippen molar-refractivity contribution in [2.75, 3.05) is 0 Å². The van der Waals surface area contributed by atoms with E-state index in [-0.39, 0.29) is 30.0 Å². The number of carbonyl (C=O) groups is 1. The van der Waals surface area contributed by atoms with Gasteiger partial charge in [-0.15, -0.1) is 11.3 Å². The summed E-state index contributed by atoms with van der Waals surface area (Å²) in [6.45, 7) is 14.1. The highest BCUT2D eigenvalue weighted by atomic mass is 32.1. The van der Waals surface area contributed by atoms with Gasteiger partial charge < -0.3 is 19.7 Å². The molecule has 0 radical (unpaired) electrons. The van der Waals surface area contributed by atoms with Gasteiger partial charge in [0, 0.05) is 11.8 Å². The lowest BCUT2D eigenvalue weighted by molar-refractivity contribution is -0.152. The summed E-state index contributed by atoms with van der Waals surface area (Å²) < 4.78 is 12.0. The molecule has 7 heteroatoms. The van der Waals surface area contributed by atoms with Crippen LogP contribution in [-0.2, 0) is 14.3 Å². The van der Waals surface area contributed by atoms with E-state index >= 15 is 0 Å². The van der Waals surface area contributed by atoms with E-state index in [1.165, 1.54) is 0 Å². The van der Waals surface area contributed by atoms with Gasteiger partial charge in [0.2, 0.25) is 0 Å². The molecule has 0 saturated carbocycles. The number of hydrogen-bond acceptors (Lipinski definition) is 7. The van der Waals surface area contributed by atoms with Crippen molar-refractivity contribution in [2.45, 2.75) is 117 Å². The molecule has 0 bridgehead atoms. The van der Waals surface area contributed by atoms with Crippen molar-refractivity contribution in [3.63, 3.8) is 0 Å². The zero-order valence-electron chi connectivity index (χ0n) is 21.8. The predicted octanol–water partition coefficient (Wildman–Crippen LogP) is 5.30. The molecule has 2 aliphatic rings. The van der Waals surface area contributed by atoms with Crippen LogP contribution in [0.2, 0.25) is 0 Å². The van der Waals surface area contributed by atoms with Crippen LogP contribution in [0.3, 0.4) is 0 Å². The molecule has 1 aromatic rings. The van der Waals surface area contributed by atoms with Gasteiger partial charge in [-0.1, -0.05) is 34.1 Å². The van der Waals surface area contributed by atoms with Gasteiger partial charge in [0.25, 0.3) is 0 Å². The number of esters is 1. The molecule has 2 fully saturated rings. The normalized spacial score (nSPS) is 38.1. The van der Waals surface area contributed by atoms with Crippen molar-refractivity contribution in [2.24, 2.45) is 17.3 Å². The summed E-state index contributed by atoms with van der Waals surface area (Å²) in [7, 11) is 0. The van der Waals surface area contributed by atoms with Crippen molar-refractivity contribution in [3.8, 4) is 0 Å². The monoisotopic (exact) mass is 493 g/mol. The molecular formula is C27H43NO5S. The number of fused-ring (bicyclic) bond motifs is 1. The Balaban J connectivity index is 1.81. The van der Waals surface area contributed by atoms with E-state index in [1.807, 2.05) is 46.1 Å². The molecule has 0 amide bonds. The number of rotatable bonds is 2. The molecule has 6 nitrogen and oxygen atoms in total. The summed E-state index contributed by atoms with van der Waals surface area (Å²) >= 11 is 1.59. The highest BCUT2D eigenvalue weighted by molar-refractivity contribution is 7.09. The van der Waals surface area contributed by atoms with Gasteiger partial charge in [-0.2, -0.15) is 0 Å². The fourth-order valence-electron chi connectivity index (χ4n) is 5.34. The predicted molar refractivity (Wildman–Crippen MR) is 135 cm³/mol. The number of aliphatic hydroxyl groups excluding tert-OH is 2. The van der Waals surface area contributed by atoms with Crippen LogP contribution in [0.1, 0.15) is 90.8 Å². The SMILES string of the molecule is C/C(=C\c1csc(C)n1)[C@@H]1C[C@@H]2O[C@]2(C)CCC[C@@H](C)[C@H](O)[C@@H](C)CC(C)(C)[C@@H](O)CC(=O)O1. The number of epoxide rings is 1. The van der Waals surface area contributed by atoms with Crippen LogP contribution < -0.4 is 0 Å². The van der Waals surface area contributed by atoms with Crippen LogP contribution in [0.25, 0.3) is 6.08 Å². The lowest BCUT2D eigenvalue weighted by Gasteiger charge is -2.36. The van der Waals surface area contributed by atoms with E-state index in [4.69, 9.17) is 9.47 Å². The molecule has 0 unspecified atom stereocenters. The summed E-state index contributed by atoms with van der Waals surface area (Å²) in [6, 6.07) is 0. The van der Waals surface area contributed by atoms with Crippen molar-refractivity contribution < 1.29 is 24.5 Å². The van der Waals surface area contributed by atoms with Crippen molar-refractivity contribution in [1.29, 1.82) is 0 Å². The average molecular weight is 494 g/mol. The zero-order chi connectivity index (χ0) is 25.3. The first-order valence-corrected chi connectivity index (χ1v) is 13.5. The van der Waals surface area contributed by atoms with E-state index in [0.717, 1.165) is 35.5 Å². The molecule has 2 N–H and O–H groups in total. The van der Waals surface area contributed by atoms with Gasteiger partial charge in [-0.05, 0) is 68.9 Å². The van der Waals surface area contributed by atoms with Crippen molar-refractivity contribution in [1.82, 2.24) is 4.98 Å². The number of hydrogen-bond donors (Lipinski definition) is 2. The Morgan fingerprint density at radius 3 is 2.59 bits per heavy atom. The van der Waals surface area contributed by atoms with Crippen molar-refractivity contribution >= 4 is 23.4 Å². The second kappa shape index (κ2) is 10.8. The molecule has 3 rings (SSSR count). The summed E-state index contributed by atoms with van der Waals surface area (Å²) in [6.07, 6.45) is 4.23. The number of carbonyl (C=O) groups excluding carboxylic acids is 1. The number of thiazole rings is 1. The minimum Gasteiger partial charge on any atom is -0.458 e. The first kappa shape index (κ1) is 27.3. The van der Waals surface area contributed by atoms with E-state index < -0.39 is 29.7 Å². The quantitative estimate of drug-likeness (QED) is 0.429. The van der Waals surface area contributed by atoms with Gasteiger partial charge in [0.1, 0.15) is 6.10 Å². The number of ether oxygens (including phenoxy) is 2. The van der Waals surface area contributed by atoms with Gasteiger partial charge in [-0.25, -0.2) is 4.98 Å². The Morgan fingerprint density at radius 2 is 1.94 bits per heavy atom. The molecule has 192 valence electrons. The van der Waals surface area contributed by atoms with Crippen LogP contribution in [0.15, 0.2) is 11.0 Å². The Bertz CT molecular complexity index is 880. The molecule has 2 aliphatic heterocycles. The minimum absolute atomic E-state index is 0.0132. The lowest BCUT2D eigenvalue weighted by atomic mass is 9.74. The third kappa shape index (κ3) is 6.90. The van der Waals surface area contributed by atoms with Crippen LogP contribution in [0.5, 0.6) is 0 Å². The van der Waals surface area contributed by atoms with Gasteiger partial charge >= 0.3 is 5.97 Å². The second-order valence-corrected chi connectivity index (χ2v) is 12.6. The van der Waals surface area contributed by atoms with Gasteiger partial charge in [-0.3, -0.25) is 4.79 Å². The van der Waals surface area contributed by atoms with Gasteiger partial charge in [0.15, 0.2) is 0 Å². The van der Waals surface area contributed by atoms with E-state index in [9.17, 15) is 15.0 Å². The fourth-order valence-corrected chi connectivity index (χ4v) is 5.91. The molecule has 2 saturated heterocycles. The molecule has 0 spiro atoms. The van der Waals surface area contributed by atoms with E-state index in [1.54, 1.807) is 11.3 Å². The maximum absolute atomic E-state index is 12.9. The van der Waals surface area contributed by atoms with E-state index in [2.05, 4.69) is 18.8 Å². The topological polar surface area (TPSA) is 92.2 Å². The second-order valence-electron chi connectivity index (χ2n) is 11.6. The molecule has 7 atom stereocenters. The summed E-state index contributed by atoms with van der Waals surface area (Å²) in [5.41, 5.74) is 1.05. The summed E-state index contributed by atoms with van der Waals surface area (Å²) in [5.74, 6) is -0.228. The molecule has 0 aromatic carbocycles. The fraction of sp³-hybridized carbons (Fsp3) is 0.778. The Hall–Kier alpha value is -1.28. The lowest BCUT2D eigenvalue weighted by Crippen LogP contribution is -2.38. The smallest absolute Gasteiger partial charge is 0.309 e. The number of aliphatic hydroxyl groups is 2. The number of aromatic nitrogens is 1. The first-order valence-electron chi connectivity index (χ1n) is 12.6. The summed E-state index contributed by atoms with van der Waals surface area (Å²) in [5, 5.41) is 24.8. The minimum atomic E-state index is -0.855. The van der Waals surface area contributed by atoms with Crippen LogP contribution >= 0.6 is 11.3 Å². The Morgan fingerprint density at radius 1 is 1.24 bits per heavy atom. The maximum atomic E-state index is 12.9. The maximum Gasteiger partial charge on any atom is 0.309 e. The highest BCUT2D eigenvalue weighted by Crippen LogP contribution is 2.45. The Labute approximate surface area is 208 Å². The Kier molecular flexibility index (Phi) is 8.65. The van der Waals surface area contributed by atoms with Crippen molar-refractivity contribution in [3.05, 3.63) is 21.7 Å². The van der Waals surface area contributed by atoms with Crippen LogP contribution in [0.4, 0.5) is 0 Å². The van der Waals surface area contributed by atoms with E-state index in [0.29, 0.717) is 12.8 Å². The highest BCUT2D eigenvalue weighted by Gasteiger charge is 2.52. The summed E-state index contributed by atoms with van der Waals surface area (Å²) in [4.78, 5) is 17.4. The molecule has 3 heterocycles.